The maximum Gasteiger partial charge on any atom is 0.336 e. The van der Waals surface area contributed by atoms with Crippen LogP contribution in [0.25, 0.3) is 0 Å². The smallest absolute Gasteiger partial charge is 0.336 e. The lowest BCUT2D eigenvalue weighted by molar-refractivity contribution is -0.138. The number of fused-ring (bicyclic) bond motifs is 1. The lowest BCUT2D eigenvalue weighted by atomic mass is 9.83. The van der Waals surface area contributed by atoms with Crippen molar-refractivity contribution in [1.29, 1.82) is 0 Å². The quantitative estimate of drug-likeness (QED) is 0.463. The van der Waals surface area contributed by atoms with Gasteiger partial charge in [0.25, 0.3) is 5.56 Å². The molecule has 2 N–H and O–H groups in total. The highest BCUT2D eigenvalue weighted by Gasteiger charge is 2.36. The normalized spacial score (nSPS) is 16.1. The van der Waals surface area contributed by atoms with E-state index in [-0.39, 0.29) is 17.4 Å². The summed E-state index contributed by atoms with van der Waals surface area (Å²) < 4.78 is 5.25. The third kappa shape index (κ3) is 3.90. The molecule has 8 heteroatoms. The van der Waals surface area contributed by atoms with Crippen LogP contribution in [0.1, 0.15) is 44.7 Å². The van der Waals surface area contributed by atoms with Crippen molar-refractivity contribution in [2.24, 2.45) is 0 Å². The van der Waals surface area contributed by atoms with E-state index in [1.165, 1.54) is 11.8 Å². The summed E-state index contributed by atoms with van der Waals surface area (Å²) in [6.07, 6.45) is 3.28. The molecule has 1 atom stereocenters. The van der Waals surface area contributed by atoms with Crippen LogP contribution in [0.3, 0.4) is 0 Å². The second-order valence-corrected chi connectivity index (χ2v) is 7.96. The summed E-state index contributed by atoms with van der Waals surface area (Å²) in [6.45, 7) is 7.86. The van der Waals surface area contributed by atoms with E-state index in [9.17, 15) is 9.59 Å². The highest BCUT2D eigenvalue weighted by Crippen LogP contribution is 2.40. The predicted molar refractivity (Wildman–Crippen MR) is 105 cm³/mol. The number of ether oxygens (including phenoxy) is 1. The van der Waals surface area contributed by atoms with Gasteiger partial charge in [-0.15, -0.1) is 0 Å². The van der Waals surface area contributed by atoms with Gasteiger partial charge in [0, 0.05) is 23.3 Å². The van der Waals surface area contributed by atoms with E-state index in [4.69, 9.17) is 4.74 Å². The number of hydrogen-bond donors (Lipinski definition) is 2. The maximum atomic E-state index is 12.9. The van der Waals surface area contributed by atoms with Crippen LogP contribution in [-0.4, -0.2) is 32.8 Å². The maximum absolute atomic E-state index is 12.9. The van der Waals surface area contributed by atoms with Crippen LogP contribution in [0.2, 0.25) is 0 Å². The van der Waals surface area contributed by atoms with E-state index in [1.54, 1.807) is 38.4 Å². The zero-order valence-electron chi connectivity index (χ0n) is 15.7. The molecule has 0 saturated heterocycles. The van der Waals surface area contributed by atoms with Crippen molar-refractivity contribution >= 4 is 23.5 Å². The van der Waals surface area contributed by atoms with Gasteiger partial charge in [0.2, 0.25) is 0 Å². The van der Waals surface area contributed by atoms with Gasteiger partial charge in [-0.2, -0.15) is 0 Å². The van der Waals surface area contributed by atoms with Crippen molar-refractivity contribution < 1.29 is 9.53 Å². The van der Waals surface area contributed by atoms with Crippen molar-refractivity contribution in [2.45, 2.75) is 44.0 Å². The van der Waals surface area contributed by atoms with Crippen molar-refractivity contribution in [3.63, 3.8) is 0 Å². The summed E-state index contributed by atoms with van der Waals surface area (Å²) in [7, 11) is 0. The molecule has 0 amide bonds. The molecule has 7 nitrogen and oxygen atoms in total. The number of esters is 1. The number of nitrogens with one attached hydrogen (secondary N) is 2. The SMILES string of the molecule is CCOC(=O)C1=C(C)Nc2nc(SC(C)C)[nH]c(=O)c2[C@@H]1c1ccncc1. The third-order valence-corrected chi connectivity index (χ3v) is 4.99. The minimum atomic E-state index is -0.572. The molecule has 0 fully saturated rings. The molecule has 2 aromatic heterocycles. The minimum Gasteiger partial charge on any atom is -0.463 e. The van der Waals surface area contributed by atoms with E-state index in [0.29, 0.717) is 27.8 Å². The molecule has 0 aromatic carbocycles. The summed E-state index contributed by atoms with van der Waals surface area (Å²) >= 11 is 1.47. The van der Waals surface area contributed by atoms with Gasteiger partial charge in [-0.1, -0.05) is 25.6 Å². The first-order valence-electron chi connectivity index (χ1n) is 8.78. The van der Waals surface area contributed by atoms with Gasteiger partial charge in [0.15, 0.2) is 5.16 Å². The van der Waals surface area contributed by atoms with Gasteiger partial charge in [-0.3, -0.25) is 9.78 Å². The number of hydrogen-bond acceptors (Lipinski definition) is 7. The summed E-state index contributed by atoms with van der Waals surface area (Å²) in [4.78, 5) is 37.0. The first-order valence-corrected chi connectivity index (χ1v) is 9.66. The zero-order valence-corrected chi connectivity index (χ0v) is 16.5. The van der Waals surface area contributed by atoms with Gasteiger partial charge in [-0.25, -0.2) is 9.78 Å². The molecule has 142 valence electrons. The molecule has 3 rings (SSSR count). The molecule has 27 heavy (non-hydrogen) atoms. The number of anilines is 1. The Balaban J connectivity index is 2.20. The Kier molecular flexibility index (Phi) is 5.65. The molecule has 3 heterocycles. The minimum absolute atomic E-state index is 0.254. The summed E-state index contributed by atoms with van der Waals surface area (Å²) in [5.41, 5.74) is 1.95. The molecule has 0 radical (unpaired) electrons. The Labute approximate surface area is 161 Å². The van der Waals surface area contributed by atoms with E-state index < -0.39 is 11.9 Å². The first kappa shape index (κ1) is 19.2. The van der Waals surface area contributed by atoms with Gasteiger partial charge >= 0.3 is 5.97 Å². The number of H-pyrrole nitrogens is 1. The van der Waals surface area contributed by atoms with Crippen LogP contribution < -0.4 is 10.9 Å². The zero-order chi connectivity index (χ0) is 19.6. The first-order chi connectivity index (χ1) is 12.9. The second kappa shape index (κ2) is 7.96. The molecule has 0 saturated carbocycles. The van der Waals surface area contributed by atoms with Crippen molar-refractivity contribution in [3.05, 3.63) is 57.3 Å². The highest BCUT2D eigenvalue weighted by molar-refractivity contribution is 7.99. The highest BCUT2D eigenvalue weighted by atomic mass is 32.2. The molecule has 1 aliphatic heterocycles. The molecule has 0 aliphatic carbocycles. The Morgan fingerprint density at radius 2 is 2.04 bits per heavy atom. The monoisotopic (exact) mass is 386 g/mol. The Morgan fingerprint density at radius 1 is 1.33 bits per heavy atom. The second-order valence-electron chi connectivity index (χ2n) is 6.40. The van der Waals surface area contributed by atoms with Gasteiger partial charge in [0.1, 0.15) is 5.82 Å². The van der Waals surface area contributed by atoms with Gasteiger partial charge < -0.3 is 15.0 Å². The van der Waals surface area contributed by atoms with Crippen molar-refractivity contribution in [2.75, 3.05) is 11.9 Å². The number of carbonyl (C=O) groups excluding carboxylic acids is 1. The fourth-order valence-electron chi connectivity index (χ4n) is 3.08. The molecule has 0 unspecified atom stereocenters. The fourth-order valence-corrected chi connectivity index (χ4v) is 3.82. The van der Waals surface area contributed by atoms with Crippen molar-refractivity contribution in [3.8, 4) is 0 Å². The van der Waals surface area contributed by atoms with Crippen LogP contribution in [0.4, 0.5) is 5.82 Å². The third-order valence-electron chi connectivity index (χ3n) is 4.10. The Hall–Kier alpha value is -2.61. The number of rotatable bonds is 5. The molecular weight excluding hydrogens is 364 g/mol. The Morgan fingerprint density at radius 3 is 2.67 bits per heavy atom. The van der Waals surface area contributed by atoms with Crippen LogP contribution >= 0.6 is 11.8 Å². The molecule has 2 aromatic rings. The van der Waals surface area contributed by atoms with Crippen LogP contribution in [-0.2, 0) is 9.53 Å². The van der Waals surface area contributed by atoms with Gasteiger partial charge in [0.05, 0.1) is 23.7 Å². The van der Waals surface area contributed by atoms with Gasteiger partial charge in [-0.05, 0) is 31.5 Å². The summed E-state index contributed by atoms with van der Waals surface area (Å²) in [5.74, 6) is -0.554. The number of pyridine rings is 1. The largest absolute Gasteiger partial charge is 0.463 e. The Bertz CT molecular complexity index is 938. The van der Waals surface area contributed by atoms with E-state index >= 15 is 0 Å². The number of thioether (sulfide) groups is 1. The van der Waals surface area contributed by atoms with Crippen LogP contribution in [0.15, 0.2) is 45.7 Å². The van der Waals surface area contributed by atoms with Crippen molar-refractivity contribution in [1.82, 2.24) is 15.0 Å². The molecular formula is C19H22N4O3S. The van der Waals surface area contributed by atoms with Crippen LogP contribution in [0, 0.1) is 0 Å². The number of carbonyl (C=O) groups is 1. The lowest BCUT2D eigenvalue weighted by Crippen LogP contribution is -2.31. The molecule has 1 aliphatic rings. The predicted octanol–water partition coefficient (Wildman–Crippen LogP) is 3.06. The number of allylic oxidation sites excluding steroid dienone is 1. The van der Waals surface area contributed by atoms with E-state index in [1.807, 2.05) is 13.8 Å². The average molecular weight is 386 g/mol. The molecule has 0 spiro atoms. The van der Waals surface area contributed by atoms with E-state index in [2.05, 4.69) is 20.3 Å². The topological polar surface area (TPSA) is 97.0 Å². The fraction of sp³-hybridized carbons (Fsp3) is 0.368. The summed E-state index contributed by atoms with van der Waals surface area (Å²) in [6, 6.07) is 3.59. The summed E-state index contributed by atoms with van der Waals surface area (Å²) in [5, 5.41) is 3.94. The lowest BCUT2D eigenvalue weighted by Gasteiger charge is -2.28. The number of aromatic nitrogens is 3. The standard InChI is InChI=1S/C19H22N4O3S/c1-5-26-18(25)13-11(4)21-16-15(14(13)12-6-8-20-9-7-12)17(24)23-19(22-16)27-10(2)3/h6-10,14H,5H2,1-4H3,(H2,21,22,23,24)/t14-/m1/s1. The van der Waals surface area contributed by atoms with E-state index in [0.717, 1.165) is 5.56 Å². The average Bonchev–Trinajstić information content (AvgIpc) is 2.60. The number of aromatic amines is 1. The number of nitrogens with zero attached hydrogens (tertiary/aromatic N) is 2. The molecule has 0 bridgehead atoms. The van der Waals surface area contributed by atoms with Crippen LogP contribution in [0.5, 0.6) is 0 Å².